The second kappa shape index (κ2) is 4.41. The largest absolute Gasteiger partial charge is 1.00 e. The van der Waals surface area contributed by atoms with Crippen molar-refractivity contribution < 1.29 is 31.0 Å². The molecule has 0 saturated heterocycles. The fourth-order valence-corrected chi connectivity index (χ4v) is 0.549. The maximum atomic E-state index is 5.30. The molecule has 0 aliphatic rings. The summed E-state index contributed by atoms with van der Waals surface area (Å²) in [7, 11) is 0. The monoisotopic (exact) mass is 173 g/mol. The van der Waals surface area contributed by atoms with Gasteiger partial charge in [-0.1, -0.05) is 0 Å². The van der Waals surface area contributed by atoms with E-state index >= 15 is 0 Å². The van der Waals surface area contributed by atoms with E-state index in [0.717, 1.165) is 0 Å². The van der Waals surface area contributed by atoms with Gasteiger partial charge in [0, 0.05) is 0 Å². The first-order valence-corrected chi connectivity index (χ1v) is 2.54. The fraction of sp³-hybridized carbons (Fsp3) is 0. The van der Waals surface area contributed by atoms with Crippen LogP contribution in [0.3, 0.4) is 0 Å². The predicted octanol–water partition coefficient (Wildman–Crippen LogP) is -1.71. The van der Waals surface area contributed by atoms with Gasteiger partial charge in [0.15, 0.2) is 0 Å². The average Bonchev–Trinajstić information content (AvgIpc) is 1.64. The molecule has 0 aliphatic heterocycles. The van der Waals surface area contributed by atoms with Crippen molar-refractivity contribution in [2.75, 3.05) is 0 Å². The van der Waals surface area contributed by atoms with Crippen LogP contribution in [-0.2, 0) is 0 Å². The van der Waals surface area contributed by atoms with Crippen molar-refractivity contribution in [3.05, 3.63) is 16.9 Å². The van der Waals surface area contributed by atoms with Gasteiger partial charge >= 0.3 is 29.6 Å². The van der Waals surface area contributed by atoms with Gasteiger partial charge in [-0.05, 0) is 23.2 Å². The zero-order chi connectivity index (χ0) is 5.98. The zero-order valence-corrected chi connectivity index (χ0v) is 8.19. The summed E-state index contributed by atoms with van der Waals surface area (Å²) < 4.78 is 0. The molecule has 0 spiro atoms. The van der Waals surface area contributed by atoms with E-state index in [1.54, 1.807) is 0 Å². The number of nitrogens with zero attached hydrogens (tertiary/aromatic N) is 3. The molecule has 0 unspecified atom stereocenters. The quantitative estimate of drug-likeness (QED) is 0.440. The first-order chi connectivity index (χ1) is 3.79. The number of hydrogen-bond acceptors (Lipinski definition) is 3. The molecule has 0 atom stereocenters. The third-order valence-electron chi connectivity index (χ3n) is 0.513. The van der Waals surface area contributed by atoms with E-state index in [9.17, 15) is 0 Å². The van der Waals surface area contributed by atoms with Crippen LogP contribution in [0.15, 0.2) is 6.33 Å². The molecule has 1 rings (SSSR count). The minimum absolute atomic E-state index is 0. The summed E-state index contributed by atoms with van der Waals surface area (Å²) in [6.45, 7) is 0. The van der Waals surface area contributed by atoms with E-state index in [0.29, 0.717) is 0 Å². The zero-order valence-electron chi connectivity index (χ0n) is 5.67. The summed E-state index contributed by atoms with van der Waals surface area (Å²) in [6.07, 6.45) is 1.25. The first kappa shape index (κ1) is 9.59. The van der Waals surface area contributed by atoms with Crippen LogP contribution >= 0.6 is 23.2 Å². The Kier molecular flexibility index (Phi) is 4.70. The van der Waals surface area contributed by atoms with Gasteiger partial charge in [-0.25, -0.2) is 9.97 Å². The van der Waals surface area contributed by atoms with Crippen molar-refractivity contribution in [2.45, 2.75) is 0 Å². The molecule has 0 radical (unpaired) electrons. The first-order valence-electron chi connectivity index (χ1n) is 1.79. The SMILES string of the molecule is Clc1ncnc(Cl)n1.[H-].[Na+]. The summed E-state index contributed by atoms with van der Waals surface area (Å²) in [5, 5.41) is 0.231. The van der Waals surface area contributed by atoms with Crippen molar-refractivity contribution in [3.8, 4) is 0 Å². The van der Waals surface area contributed by atoms with Gasteiger partial charge < -0.3 is 1.43 Å². The van der Waals surface area contributed by atoms with Crippen LogP contribution in [0, 0.1) is 0 Å². The minimum Gasteiger partial charge on any atom is -1.00 e. The Hall–Kier alpha value is 0.590. The van der Waals surface area contributed by atoms with E-state index in [1.807, 2.05) is 0 Å². The van der Waals surface area contributed by atoms with Crippen molar-refractivity contribution in [3.63, 3.8) is 0 Å². The second-order valence-electron chi connectivity index (χ2n) is 1.02. The molecule has 6 heteroatoms. The Bertz CT molecular complexity index is 182. The Morgan fingerprint density at radius 1 is 1.22 bits per heavy atom. The van der Waals surface area contributed by atoms with Crippen LogP contribution in [0.1, 0.15) is 1.43 Å². The Morgan fingerprint density at radius 3 is 1.89 bits per heavy atom. The molecule has 1 aromatic rings. The van der Waals surface area contributed by atoms with Crippen molar-refractivity contribution >= 4 is 23.2 Å². The molecule has 1 heterocycles. The summed E-state index contributed by atoms with van der Waals surface area (Å²) >= 11 is 10.6. The molecule has 0 fully saturated rings. The number of rotatable bonds is 0. The molecule has 44 valence electrons. The van der Waals surface area contributed by atoms with Crippen LogP contribution in [0.25, 0.3) is 0 Å². The van der Waals surface area contributed by atoms with Crippen molar-refractivity contribution in [2.24, 2.45) is 0 Å². The molecule has 0 saturated carbocycles. The van der Waals surface area contributed by atoms with Gasteiger partial charge in [0.25, 0.3) is 0 Å². The van der Waals surface area contributed by atoms with Crippen LogP contribution in [-0.4, -0.2) is 15.0 Å². The molecule has 0 N–H and O–H groups in total. The van der Waals surface area contributed by atoms with E-state index in [4.69, 9.17) is 23.2 Å². The van der Waals surface area contributed by atoms with Gasteiger partial charge in [-0.2, -0.15) is 4.98 Å². The molecule has 0 aromatic carbocycles. The van der Waals surface area contributed by atoms with Gasteiger partial charge in [0.2, 0.25) is 10.6 Å². The van der Waals surface area contributed by atoms with Gasteiger partial charge in [-0.15, -0.1) is 0 Å². The minimum atomic E-state index is 0. The smallest absolute Gasteiger partial charge is 1.00 e. The van der Waals surface area contributed by atoms with E-state index in [2.05, 4.69) is 15.0 Å². The molecule has 0 aliphatic carbocycles. The standard InChI is InChI=1S/C3HCl2N3.Na.H/c4-2-6-1-7-3(5)8-2;;/h1H;;/q;+1;-1. The molecule has 0 amide bonds. The van der Waals surface area contributed by atoms with Gasteiger partial charge in [-0.3, -0.25) is 0 Å². The number of aromatic nitrogens is 3. The van der Waals surface area contributed by atoms with Gasteiger partial charge in [0.1, 0.15) is 6.33 Å². The third-order valence-corrected chi connectivity index (χ3v) is 0.877. The van der Waals surface area contributed by atoms with E-state index < -0.39 is 0 Å². The molecule has 3 nitrogen and oxygen atoms in total. The third kappa shape index (κ3) is 3.33. The topological polar surface area (TPSA) is 38.7 Å². The van der Waals surface area contributed by atoms with Crippen LogP contribution in [0.2, 0.25) is 10.6 Å². The summed E-state index contributed by atoms with van der Waals surface area (Å²) in [5.74, 6) is 0. The second-order valence-corrected chi connectivity index (χ2v) is 1.70. The maximum Gasteiger partial charge on any atom is 1.00 e. The molecule has 1 aromatic heterocycles. The average molecular weight is 174 g/mol. The fourth-order valence-electron chi connectivity index (χ4n) is 0.258. The Labute approximate surface area is 85.6 Å². The van der Waals surface area contributed by atoms with E-state index in [-0.39, 0.29) is 41.6 Å². The van der Waals surface area contributed by atoms with Crippen LogP contribution in [0.4, 0.5) is 0 Å². The predicted molar refractivity (Wildman–Crippen MR) is 31.0 cm³/mol. The normalized spacial score (nSPS) is 8.22. The van der Waals surface area contributed by atoms with E-state index in [1.165, 1.54) is 6.33 Å². The molecule has 0 bridgehead atoms. The molecule has 9 heavy (non-hydrogen) atoms. The van der Waals surface area contributed by atoms with Gasteiger partial charge in [0.05, 0.1) is 0 Å². The number of halogens is 2. The number of hydrogen-bond donors (Lipinski definition) is 0. The molecular formula is C3H2Cl2N3Na. The van der Waals surface area contributed by atoms with Crippen molar-refractivity contribution in [1.29, 1.82) is 0 Å². The Morgan fingerprint density at radius 2 is 1.67 bits per heavy atom. The summed E-state index contributed by atoms with van der Waals surface area (Å²) in [5.41, 5.74) is 0. The maximum absolute atomic E-state index is 5.30. The molecular weight excluding hydrogens is 172 g/mol. The summed E-state index contributed by atoms with van der Waals surface area (Å²) in [6, 6.07) is 0. The summed E-state index contributed by atoms with van der Waals surface area (Å²) in [4.78, 5) is 10.5. The van der Waals surface area contributed by atoms with Crippen LogP contribution in [0.5, 0.6) is 0 Å². The Balaban J connectivity index is 0. The van der Waals surface area contributed by atoms with Crippen LogP contribution < -0.4 is 29.6 Å². The van der Waals surface area contributed by atoms with Crippen molar-refractivity contribution in [1.82, 2.24) is 15.0 Å².